The molecule has 0 fully saturated rings. The summed E-state index contributed by atoms with van der Waals surface area (Å²) in [5, 5.41) is 3.00. The first kappa shape index (κ1) is 17.6. The Kier molecular flexibility index (Phi) is 5.59. The van der Waals surface area contributed by atoms with Gasteiger partial charge in [0.1, 0.15) is 0 Å². The number of benzene rings is 1. The highest BCUT2D eigenvalue weighted by molar-refractivity contribution is 5.89. The Balaban J connectivity index is 1.80. The molecule has 2 heterocycles. The fourth-order valence-corrected chi connectivity index (χ4v) is 2.82. The van der Waals surface area contributed by atoms with Crippen LogP contribution in [-0.4, -0.2) is 20.9 Å². The van der Waals surface area contributed by atoms with Gasteiger partial charge in [-0.15, -0.1) is 0 Å². The maximum atomic E-state index is 12.9. The molecule has 2 aromatic heterocycles. The molecule has 0 aliphatic heterocycles. The summed E-state index contributed by atoms with van der Waals surface area (Å²) in [5.74, 6) is 0. The quantitative estimate of drug-likeness (QED) is 0.748. The lowest BCUT2D eigenvalue weighted by Crippen LogP contribution is -2.34. The molecule has 0 radical (unpaired) electrons. The maximum Gasteiger partial charge on any atom is 0.322 e. The average Bonchev–Trinajstić information content (AvgIpc) is 2.62. The molecule has 1 N–H and O–H groups in total. The van der Waals surface area contributed by atoms with Crippen molar-refractivity contribution >= 4 is 11.7 Å². The van der Waals surface area contributed by atoms with Gasteiger partial charge in [-0.1, -0.05) is 18.2 Å². The van der Waals surface area contributed by atoms with Crippen LogP contribution in [0.3, 0.4) is 0 Å². The minimum absolute atomic E-state index is 0.175. The monoisotopic (exact) mass is 346 g/mol. The van der Waals surface area contributed by atoms with Gasteiger partial charge in [-0.3, -0.25) is 9.97 Å². The number of aromatic nitrogens is 2. The number of urea groups is 1. The lowest BCUT2D eigenvalue weighted by Gasteiger charge is -2.23. The van der Waals surface area contributed by atoms with Gasteiger partial charge in [-0.25, -0.2) is 4.79 Å². The van der Waals surface area contributed by atoms with Crippen LogP contribution in [0.4, 0.5) is 10.5 Å². The molecule has 0 aliphatic carbocycles. The van der Waals surface area contributed by atoms with Gasteiger partial charge in [0.05, 0.1) is 24.5 Å². The smallest absolute Gasteiger partial charge is 0.313 e. The van der Waals surface area contributed by atoms with E-state index in [1.54, 1.807) is 17.3 Å². The van der Waals surface area contributed by atoms with Crippen LogP contribution in [0.25, 0.3) is 0 Å². The van der Waals surface area contributed by atoms with E-state index >= 15 is 0 Å². The van der Waals surface area contributed by atoms with Gasteiger partial charge in [-0.2, -0.15) is 0 Å². The normalized spacial score (nSPS) is 10.4. The number of nitrogens with zero attached hydrogens (tertiary/aromatic N) is 3. The molecule has 3 rings (SSSR count). The third kappa shape index (κ3) is 4.89. The van der Waals surface area contributed by atoms with Crippen molar-refractivity contribution in [3.63, 3.8) is 0 Å². The number of amides is 2. The molecule has 0 atom stereocenters. The first-order valence-corrected chi connectivity index (χ1v) is 8.54. The Hall–Kier alpha value is -3.21. The first-order valence-electron chi connectivity index (χ1n) is 8.54. The van der Waals surface area contributed by atoms with Gasteiger partial charge in [0.15, 0.2) is 0 Å². The van der Waals surface area contributed by atoms with Crippen molar-refractivity contribution in [3.05, 3.63) is 89.5 Å². The summed E-state index contributed by atoms with van der Waals surface area (Å²) in [4.78, 5) is 23.3. The molecule has 0 saturated heterocycles. The second-order valence-electron chi connectivity index (χ2n) is 6.30. The van der Waals surface area contributed by atoms with E-state index in [9.17, 15) is 4.79 Å². The molecule has 0 bridgehead atoms. The van der Waals surface area contributed by atoms with E-state index in [0.717, 1.165) is 28.2 Å². The predicted octanol–water partition coefficient (Wildman–Crippen LogP) is 4.33. The minimum Gasteiger partial charge on any atom is -0.313 e. The molecule has 0 unspecified atom stereocenters. The summed E-state index contributed by atoms with van der Waals surface area (Å²) in [6, 6.07) is 17.2. The van der Waals surface area contributed by atoms with Gasteiger partial charge < -0.3 is 10.2 Å². The Bertz CT molecular complexity index is 804. The number of anilines is 1. The van der Waals surface area contributed by atoms with Gasteiger partial charge in [0.25, 0.3) is 0 Å². The number of pyridine rings is 2. The van der Waals surface area contributed by atoms with Crippen molar-refractivity contribution in [1.82, 2.24) is 14.9 Å². The molecule has 2 amide bonds. The largest absolute Gasteiger partial charge is 0.322 e. The van der Waals surface area contributed by atoms with Crippen molar-refractivity contribution in [2.24, 2.45) is 0 Å². The number of nitrogens with one attached hydrogen (secondary N) is 1. The van der Waals surface area contributed by atoms with E-state index in [2.05, 4.69) is 21.4 Å². The van der Waals surface area contributed by atoms with Crippen LogP contribution in [0.5, 0.6) is 0 Å². The van der Waals surface area contributed by atoms with E-state index in [4.69, 9.17) is 0 Å². The number of aryl methyl sites for hydroxylation is 2. The maximum absolute atomic E-state index is 12.9. The van der Waals surface area contributed by atoms with Crippen LogP contribution in [0.2, 0.25) is 0 Å². The molecule has 5 nitrogen and oxygen atoms in total. The Morgan fingerprint density at radius 3 is 1.88 bits per heavy atom. The van der Waals surface area contributed by atoms with Crippen molar-refractivity contribution in [1.29, 1.82) is 0 Å². The first-order chi connectivity index (χ1) is 12.6. The fourth-order valence-electron chi connectivity index (χ4n) is 2.82. The van der Waals surface area contributed by atoms with E-state index < -0.39 is 0 Å². The molecule has 26 heavy (non-hydrogen) atoms. The van der Waals surface area contributed by atoms with Crippen molar-refractivity contribution < 1.29 is 4.79 Å². The van der Waals surface area contributed by atoms with E-state index in [0.29, 0.717) is 13.1 Å². The number of hydrogen-bond acceptors (Lipinski definition) is 3. The Morgan fingerprint density at radius 1 is 0.885 bits per heavy atom. The third-order valence-corrected chi connectivity index (χ3v) is 3.92. The molecule has 132 valence electrons. The van der Waals surface area contributed by atoms with Gasteiger partial charge in [0, 0.05) is 18.1 Å². The van der Waals surface area contributed by atoms with E-state index in [1.165, 1.54) is 0 Å². The highest BCUT2D eigenvalue weighted by Gasteiger charge is 2.16. The minimum atomic E-state index is -0.175. The summed E-state index contributed by atoms with van der Waals surface area (Å²) >= 11 is 0. The number of hydrogen-bond donors (Lipinski definition) is 1. The lowest BCUT2D eigenvalue weighted by atomic mass is 10.1. The second kappa shape index (κ2) is 8.25. The molecule has 3 aromatic rings. The summed E-state index contributed by atoms with van der Waals surface area (Å²) in [6.45, 7) is 4.85. The molecule has 5 heteroatoms. The lowest BCUT2D eigenvalue weighted by molar-refractivity contribution is 0.205. The van der Waals surface area contributed by atoms with Crippen LogP contribution in [-0.2, 0) is 13.1 Å². The topological polar surface area (TPSA) is 58.1 Å². The van der Waals surface area contributed by atoms with E-state index in [1.807, 2.05) is 62.4 Å². The summed E-state index contributed by atoms with van der Waals surface area (Å²) in [7, 11) is 0. The zero-order valence-corrected chi connectivity index (χ0v) is 15.0. The summed E-state index contributed by atoms with van der Waals surface area (Å²) in [6.07, 6.45) is 3.46. The third-order valence-electron chi connectivity index (χ3n) is 3.92. The van der Waals surface area contributed by atoms with Crippen LogP contribution < -0.4 is 5.32 Å². The highest BCUT2D eigenvalue weighted by Crippen LogP contribution is 2.16. The number of carbonyl (C=O) groups excluding carboxylic acids is 1. The summed E-state index contributed by atoms with van der Waals surface area (Å²) in [5.41, 5.74) is 4.68. The van der Waals surface area contributed by atoms with Crippen molar-refractivity contribution in [2.45, 2.75) is 26.9 Å². The zero-order valence-electron chi connectivity index (χ0n) is 15.0. The van der Waals surface area contributed by atoms with Gasteiger partial charge in [-0.05, 0) is 61.4 Å². The molecular weight excluding hydrogens is 324 g/mol. The van der Waals surface area contributed by atoms with Crippen molar-refractivity contribution in [3.8, 4) is 0 Å². The standard InChI is InChI=1S/C21H22N4O/c1-16-11-17(2)13-20(12-16)24-21(26)25(14-18-7-3-5-9-22-18)15-19-8-4-6-10-23-19/h3-13H,14-15H2,1-2H3,(H,24,26). The highest BCUT2D eigenvalue weighted by atomic mass is 16.2. The van der Waals surface area contributed by atoms with Gasteiger partial charge >= 0.3 is 6.03 Å². The number of carbonyl (C=O) groups is 1. The van der Waals surface area contributed by atoms with Crippen molar-refractivity contribution in [2.75, 3.05) is 5.32 Å². The fraction of sp³-hybridized carbons (Fsp3) is 0.190. The van der Waals surface area contributed by atoms with Gasteiger partial charge in [0.2, 0.25) is 0 Å². The predicted molar refractivity (Wildman–Crippen MR) is 103 cm³/mol. The van der Waals surface area contributed by atoms with Crippen LogP contribution in [0, 0.1) is 13.8 Å². The molecular formula is C21H22N4O. The SMILES string of the molecule is Cc1cc(C)cc(NC(=O)N(Cc2ccccn2)Cc2ccccn2)c1. The average molecular weight is 346 g/mol. The van der Waals surface area contributed by atoms with Crippen LogP contribution >= 0.6 is 0 Å². The second-order valence-corrected chi connectivity index (χ2v) is 6.30. The Morgan fingerprint density at radius 2 is 1.42 bits per heavy atom. The summed E-state index contributed by atoms with van der Waals surface area (Å²) < 4.78 is 0. The molecule has 1 aromatic carbocycles. The Labute approximate surface area is 153 Å². The zero-order chi connectivity index (χ0) is 18.4. The molecule has 0 saturated carbocycles. The number of rotatable bonds is 5. The molecule has 0 spiro atoms. The molecule has 0 aliphatic rings. The van der Waals surface area contributed by atoms with E-state index in [-0.39, 0.29) is 6.03 Å². The van der Waals surface area contributed by atoms with Crippen LogP contribution in [0.1, 0.15) is 22.5 Å². The van der Waals surface area contributed by atoms with Crippen LogP contribution in [0.15, 0.2) is 67.0 Å².